The van der Waals surface area contributed by atoms with Crippen molar-refractivity contribution in [1.82, 2.24) is 10.2 Å². The molecule has 2 atom stereocenters. The number of nitrogens with one attached hydrogen (secondary N) is 1. The number of amides is 2. The molecule has 1 heterocycles. The first kappa shape index (κ1) is 27.2. The fourth-order valence-electron chi connectivity index (χ4n) is 3.78. The first-order valence-electron chi connectivity index (χ1n) is 11.4. The van der Waals surface area contributed by atoms with Crippen molar-refractivity contribution in [1.29, 1.82) is 5.26 Å². The quantitative estimate of drug-likeness (QED) is 0.301. The summed E-state index contributed by atoms with van der Waals surface area (Å²) >= 11 is 0. The van der Waals surface area contributed by atoms with Crippen LogP contribution >= 0.6 is 0 Å². The van der Waals surface area contributed by atoms with E-state index >= 15 is 0 Å². The molecule has 34 heavy (non-hydrogen) atoms. The van der Waals surface area contributed by atoms with Crippen LogP contribution in [0.5, 0.6) is 5.75 Å². The van der Waals surface area contributed by atoms with E-state index in [0.29, 0.717) is 18.7 Å². The number of nitriles is 1. The lowest BCUT2D eigenvalue weighted by Gasteiger charge is -2.35. The molecule has 1 aliphatic rings. The van der Waals surface area contributed by atoms with Crippen LogP contribution in [0.4, 0.5) is 4.79 Å². The van der Waals surface area contributed by atoms with E-state index < -0.39 is 19.2 Å². The van der Waals surface area contributed by atoms with Crippen LogP contribution in [0.2, 0.25) is 0 Å². The van der Waals surface area contributed by atoms with E-state index in [9.17, 15) is 24.9 Å². The van der Waals surface area contributed by atoms with Gasteiger partial charge in [-0.05, 0) is 48.8 Å². The summed E-state index contributed by atoms with van der Waals surface area (Å²) in [7, 11) is -0.237. The highest BCUT2D eigenvalue weighted by Crippen LogP contribution is 2.23. The van der Waals surface area contributed by atoms with Gasteiger partial charge < -0.3 is 29.7 Å². The number of carbonyl (C=O) groups excluding carboxylic acids is 2. The molecule has 10 heteroatoms. The van der Waals surface area contributed by atoms with Crippen LogP contribution in [0, 0.1) is 16.7 Å². The minimum atomic E-state index is -1.79. The van der Waals surface area contributed by atoms with Gasteiger partial charge in [-0.15, -0.1) is 0 Å². The van der Waals surface area contributed by atoms with Crippen molar-refractivity contribution in [2.75, 3.05) is 20.3 Å². The Bertz CT molecular complexity index is 905. The Hall–Kier alpha value is -3.03. The molecule has 0 unspecified atom stereocenters. The maximum atomic E-state index is 13.0. The number of methoxy groups -OCH3 is 1. The van der Waals surface area contributed by atoms with Crippen molar-refractivity contribution in [3.63, 3.8) is 0 Å². The van der Waals surface area contributed by atoms with Crippen LogP contribution in [0.3, 0.4) is 0 Å². The second-order valence-corrected chi connectivity index (χ2v) is 9.50. The average Bonchev–Trinajstić information content (AvgIpc) is 2.80. The summed E-state index contributed by atoms with van der Waals surface area (Å²) in [5.41, 5.74) is 0.525. The Morgan fingerprint density at radius 3 is 2.53 bits per heavy atom. The summed E-state index contributed by atoms with van der Waals surface area (Å²) in [5.74, 6) is -0.681. The van der Waals surface area contributed by atoms with Crippen LogP contribution in [0.25, 0.3) is 0 Å². The number of benzene rings is 1. The first-order chi connectivity index (χ1) is 16.0. The molecule has 184 valence electrons. The van der Waals surface area contributed by atoms with Gasteiger partial charge in [0.2, 0.25) is 0 Å². The van der Waals surface area contributed by atoms with Gasteiger partial charge in [0, 0.05) is 6.54 Å². The van der Waals surface area contributed by atoms with Gasteiger partial charge in [0.1, 0.15) is 24.0 Å². The molecule has 9 nitrogen and oxygen atoms in total. The fraction of sp³-hybridized carbons (Fsp3) is 0.542. The van der Waals surface area contributed by atoms with Crippen LogP contribution < -0.4 is 10.1 Å². The lowest BCUT2D eigenvalue weighted by molar-refractivity contribution is -0.131. The average molecular weight is 471 g/mol. The standard InChI is InChI=1S/C24H34BN3O6/c1-24(2,3)14-18(15-26)22(29)28-12-6-5-7-19(28)16-34-23(30)27-21(25(31)32)13-17-8-10-20(33-4)11-9-17/h8-11,14,19,21,31-32H,5-7,12-13,16H2,1-4H3,(H,27,30)/b18-14+/t19-,21+/m1/s1. The van der Waals surface area contributed by atoms with E-state index in [1.165, 1.54) is 0 Å². The van der Waals surface area contributed by atoms with Gasteiger partial charge >= 0.3 is 13.2 Å². The molecular formula is C24H34BN3O6. The van der Waals surface area contributed by atoms with E-state index in [-0.39, 0.29) is 36.0 Å². The Morgan fingerprint density at radius 1 is 1.29 bits per heavy atom. The zero-order chi connectivity index (χ0) is 25.3. The second kappa shape index (κ2) is 12.4. The maximum Gasteiger partial charge on any atom is 0.475 e. The number of likely N-dealkylation sites (tertiary alicyclic amines) is 1. The highest BCUT2D eigenvalue weighted by atomic mass is 16.5. The first-order valence-corrected chi connectivity index (χ1v) is 11.4. The zero-order valence-corrected chi connectivity index (χ0v) is 20.3. The minimum Gasteiger partial charge on any atom is -0.497 e. The maximum absolute atomic E-state index is 13.0. The van der Waals surface area contributed by atoms with E-state index in [0.717, 1.165) is 18.4 Å². The topological polar surface area (TPSA) is 132 Å². The molecule has 0 aliphatic carbocycles. The fourth-order valence-corrected chi connectivity index (χ4v) is 3.78. The molecule has 1 fully saturated rings. The van der Waals surface area contributed by atoms with Gasteiger partial charge in [-0.2, -0.15) is 5.26 Å². The number of nitrogens with zero attached hydrogens (tertiary/aromatic N) is 2. The third-order valence-corrected chi connectivity index (χ3v) is 5.50. The Balaban J connectivity index is 1.99. The Kier molecular flexibility index (Phi) is 9.96. The molecule has 1 aromatic carbocycles. The molecule has 3 N–H and O–H groups in total. The number of alkyl carbamates (subject to hydrolysis) is 1. The van der Waals surface area contributed by atoms with E-state index in [1.807, 2.05) is 26.8 Å². The highest BCUT2D eigenvalue weighted by Gasteiger charge is 2.31. The molecule has 0 saturated carbocycles. The molecule has 1 saturated heterocycles. The number of hydrogen-bond donors (Lipinski definition) is 3. The van der Waals surface area contributed by atoms with E-state index in [2.05, 4.69) is 5.32 Å². The molecule has 2 rings (SSSR count). The third-order valence-electron chi connectivity index (χ3n) is 5.50. The van der Waals surface area contributed by atoms with Crippen LogP contribution in [-0.4, -0.2) is 66.3 Å². The van der Waals surface area contributed by atoms with Crippen molar-refractivity contribution >= 4 is 19.1 Å². The predicted octanol–water partition coefficient (Wildman–Crippen LogP) is 2.22. The number of ether oxygens (including phenoxy) is 2. The SMILES string of the molecule is COc1ccc(C[C@H](NC(=O)OC[C@H]2CCCCN2C(=O)/C(C#N)=C/C(C)(C)C)B(O)O)cc1. The van der Waals surface area contributed by atoms with Crippen LogP contribution in [0.1, 0.15) is 45.6 Å². The van der Waals surface area contributed by atoms with Crippen molar-refractivity contribution in [2.24, 2.45) is 5.41 Å². The highest BCUT2D eigenvalue weighted by molar-refractivity contribution is 6.43. The number of rotatable bonds is 8. The summed E-state index contributed by atoms with van der Waals surface area (Å²) in [6, 6.07) is 8.66. The number of hydrogen-bond acceptors (Lipinski definition) is 7. The minimum absolute atomic E-state index is 0.0530. The number of piperidine rings is 1. The van der Waals surface area contributed by atoms with Gasteiger partial charge in [0.05, 0.1) is 19.1 Å². The molecule has 1 aliphatic heterocycles. The van der Waals surface area contributed by atoms with Crippen molar-refractivity contribution in [2.45, 2.75) is 58.4 Å². The Labute approximate surface area is 201 Å². The summed E-state index contributed by atoms with van der Waals surface area (Å²) in [6.07, 6.45) is 3.35. The smallest absolute Gasteiger partial charge is 0.475 e. The molecule has 0 radical (unpaired) electrons. The van der Waals surface area contributed by atoms with Gasteiger partial charge in [0.15, 0.2) is 0 Å². The largest absolute Gasteiger partial charge is 0.497 e. The number of allylic oxidation sites excluding steroid dienone is 1. The normalized spacial score (nSPS) is 17.4. The third kappa shape index (κ3) is 8.39. The van der Waals surface area contributed by atoms with Gasteiger partial charge in [-0.1, -0.05) is 39.0 Å². The van der Waals surface area contributed by atoms with Crippen molar-refractivity contribution in [3.05, 3.63) is 41.5 Å². The molecule has 0 spiro atoms. The summed E-state index contributed by atoms with van der Waals surface area (Å²) in [4.78, 5) is 27.0. The lowest BCUT2D eigenvalue weighted by Crippen LogP contribution is -2.50. The predicted molar refractivity (Wildman–Crippen MR) is 128 cm³/mol. The van der Waals surface area contributed by atoms with Gasteiger partial charge in [-0.3, -0.25) is 4.79 Å². The Morgan fingerprint density at radius 2 is 1.97 bits per heavy atom. The molecule has 0 aromatic heterocycles. The molecule has 1 aromatic rings. The monoisotopic (exact) mass is 471 g/mol. The molecule has 2 amide bonds. The van der Waals surface area contributed by atoms with Crippen molar-refractivity contribution in [3.8, 4) is 11.8 Å². The molecular weight excluding hydrogens is 437 g/mol. The second-order valence-electron chi connectivity index (χ2n) is 9.50. The number of carbonyl (C=O) groups is 2. The van der Waals surface area contributed by atoms with Crippen LogP contribution in [0.15, 0.2) is 35.9 Å². The van der Waals surface area contributed by atoms with Crippen molar-refractivity contribution < 1.29 is 29.1 Å². The summed E-state index contributed by atoms with van der Waals surface area (Å²) in [5, 5.41) is 31.4. The summed E-state index contributed by atoms with van der Waals surface area (Å²) in [6.45, 7) is 6.17. The van der Waals surface area contributed by atoms with Crippen LogP contribution in [-0.2, 0) is 16.0 Å². The molecule has 0 bridgehead atoms. The summed E-state index contributed by atoms with van der Waals surface area (Å²) < 4.78 is 10.5. The van der Waals surface area contributed by atoms with Gasteiger partial charge in [-0.25, -0.2) is 4.79 Å². The zero-order valence-electron chi connectivity index (χ0n) is 20.3. The lowest BCUT2D eigenvalue weighted by atomic mass is 9.76. The van der Waals surface area contributed by atoms with E-state index in [4.69, 9.17) is 9.47 Å². The van der Waals surface area contributed by atoms with Gasteiger partial charge in [0.25, 0.3) is 5.91 Å². The van der Waals surface area contributed by atoms with E-state index in [1.54, 1.807) is 42.4 Å².